The smallest absolute Gasteiger partial charge is 0.383 e. The molecule has 9 heteroatoms. The van der Waals surface area contributed by atoms with Crippen molar-refractivity contribution >= 4 is 24.6 Å². The van der Waals surface area contributed by atoms with E-state index in [0.29, 0.717) is 16.7 Å². The monoisotopic (exact) mass is 363 g/mol. The highest BCUT2D eigenvalue weighted by molar-refractivity contribution is 7.49. The van der Waals surface area contributed by atoms with Crippen LogP contribution in [0.25, 0.3) is 10.9 Å². The van der Waals surface area contributed by atoms with Crippen molar-refractivity contribution in [1.29, 1.82) is 0 Å². The number of primary amides is 1. The third kappa shape index (κ3) is 1.98. The molecule has 8 nitrogen and oxygen atoms in total. The number of phosphoric ester groups is 1. The van der Waals surface area contributed by atoms with Gasteiger partial charge >= 0.3 is 7.82 Å². The van der Waals surface area contributed by atoms with E-state index in [2.05, 4.69) is 11.8 Å². The summed E-state index contributed by atoms with van der Waals surface area (Å²) in [7, 11) is -3.82. The summed E-state index contributed by atoms with van der Waals surface area (Å²) in [6, 6.07) is 3.31. The fourth-order valence-corrected chi connectivity index (χ4v) is 5.33. The van der Waals surface area contributed by atoms with E-state index < -0.39 is 13.7 Å². The van der Waals surface area contributed by atoms with Crippen LogP contribution in [0.4, 0.5) is 0 Å². The van der Waals surface area contributed by atoms with Crippen molar-refractivity contribution in [2.24, 2.45) is 5.73 Å². The zero-order valence-electron chi connectivity index (χ0n) is 13.7. The molecule has 132 valence electrons. The molecule has 1 amide bonds. The Kier molecular flexibility index (Phi) is 2.98. The Balaban J connectivity index is 1.70. The van der Waals surface area contributed by atoms with E-state index in [1.54, 1.807) is 16.9 Å². The van der Waals surface area contributed by atoms with E-state index in [1.807, 2.05) is 0 Å². The molecule has 25 heavy (non-hydrogen) atoms. The SMILES string of the molecule is CCN1CCC(c2c3c4c5c(C(N)=O)ccc4n2OP(=O)(O5)O3)CC1. The van der Waals surface area contributed by atoms with Gasteiger partial charge in [-0.2, -0.15) is 9.30 Å². The Morgan fingerprint density at radius 1 is 1.28 bits per heavy atom. The normalized spacial score (nSPS) is 25.0. The number of nitrogens with two attached hydrogens (primary N) is 1. The highest BCUT2D eigenvalue weighted by atomic mass is 31.2. The van der Waals surface area contributed by atoms with Crippen LogP contribution < -0.4 is 19.4 Å². The maximum Gasteiger partial charge on any atom is 0.666 e. The number of rotatable bonds is 3. The predicted octanol–water partition coefficient (Wildman–Crippen LogP) is 2.26. The summed E-state index contributed by atoms with van der Waals surface area (Å²) in [5.41, 5.74) is 7.20. The summed E-state index contributed by atoms with van der Waals surface area (Å²) in [6.07, 6.45) is 1.93. The lowest BCUT2D eigenvalue weighted by molar-refractivity contribution is 0.0998. The molecule has 1 unspecified atom stereocenters. The molecule has 3 bridgehead atoms. The molecule has 1 aromatic heterocycles. The number of hydrogen-bond acceptors (Lipinski definition) is 6. The second kappa shape index (κ2) is 4.93. The third-order valence-electron chi connectivity index (χ3n) is 5.31. The molecule has 2 N–H and O–H groups in total. The zero-order chi connectivity index (χ0) is 17.3. The van der Waals surface area contributed by atoms with Crippen molar-refractivity contribution < 1.29 is 23.0 Å². The first kappa shape index (κ1) is 15.1. The van der Waals surface area contributed by atoms with Crippen LogP contribution in [0.2, 0.25) is 0 Å². The molecule has 0 saturated carbocycles. The molecular weight excluding hydrogens is 345 g/mol. The predicted molar refractivity (Wildman–Crippen MR) is 90.0 cm³/mol. The number of fused-ring (bicyclic) bond motifs is 3. The van der Waals surface area contributed by atoms with Gasteiger partial charge in [-0.25, -0.2) is 0 Å². The minimum absolute atomic E-state index is 0.187. The second-order valence-corrected chi connectivity index (χ2v) is 8.05. The topological polar surface area (TPSA) is 96.0 Å². The molecule has 0 spiro atoms. The Labute approximate surface area is 144 Å². The summed E-state index contributed by atoms with van der Waals surface area (Å²) in [5, 5.41) is 0.619. The van der Waals surface area contributed by atoms with Crippen LogP contribution >= 0.6 is 7.82 Å². The number of hydrogen-bond donors (Lipinski definition) is 1. The first-order valence-corrected chi connectivity index (χ1v) is 9.89. The van der Waals surface area contributed by atoms with E-state index in [-0.39, 0.29) is 17.2 Å². The molecule has 1 aromatic carbocycles. The quantitative estimate of drug-likeness (QED) is 0.841. The van der Waals surface area contributed by atoms with Crippen LogP contribution in [-0.4, -0.2) is 35.2 Å². The van der Waals surface area contributed by atoms with Crippen molar-refractivity contribution in [2.45, 2.75) is 25.7 Å². The standard InChI is InChI=1S/C16H18N3O5P/c1-2-18-7-5-9(6-8-18)13-15-12-11-4-3-10(16(17)20)14(12)22-25(21,23-15)24-19(11)13/h3-4,9H,2,5-8H2,1H3,(H2,17,20). The maximum atomic E-state index is 12.7. The molecule has 1 saturated heterocycles. The number of carbonyl (C=O) groups excluding carboxylic acids is 1. The average Bonchev–Trinajstić information content (AvgIpc) is 2.77. The van der Waals surface area contributed by atoms with Crippen LogP contribution in [0, 0.1) is 0 Å². The largest absolute Gasteiger partial charge is 0.666 e. The zero-order valence-corrected chi connectivity index (χ0v) is 14.6. The maximum absolute atomic E-state index is 12.7. The van der Waals surface area contributed by atoms with Crippen molar-refractivity contribution in [3.05, 3.63) is 23.4 Å². The van der Waals surface area contributed by atoms with E-state index in [1.165, 1.54) is 0 Å². The van der Waals surface area contributed by atoms with Gasteiger partial charge in [-0.05, 0) is 44.6 Å². The minimum Gasteiger partial charge on any atom is -0.383 e. The molecule has 1 atom stereocenters. The minimum atomic E-state index is -3.82. The number of amides is 1. The van der Waals surface area contributed by atoms with E-state index in [4.69, 9.17) is 19.4 Å². The summed E-state index contributed by atoms with van der Waals surface area (Å²) in [6.45, 7) is 5.18. The third-order valence-corrected chi connectivity index (χ3v) is 6.48. The van der Waals surface area contributed by atoms with Gasteiger partial charge in [0.05, 0.1) is 16.5 Å². The lowest BCUT2D eigenvalue weighted by atomic mass is 9.93. The van der Waals surface area contributed by atoms with Crippen LogP contribution in [0.1, 0.15) is 41.7 Å². The summed E-state index contributed by atoms with van der Waals surface area (Å²) >= 11 is 0. The lowest BCUT2D eigenvalue weighted by Crippen LogP contribution is -2.34. The number of carbonyl (C=O) groups is 1. The number of piperidine rings is 1. The highest BCUT2D eigenvalue weighted by Gasteiger charge is 2.50. The van der Waals surface area contributed by atoms with E-state index >= 15 is 0 Å². The molecule has 3 aliphatic rings. The van der Waals surface area contributed by atoms with Gasteiger partial charge in [0, 0.05) is 5.92 Å². The molecule has 0 aliphatic carbocycles. The van der Waals surface area contributed by atoms with Crippen LogP contribution in [-0.2, 0) is 4.57 Å². The van der Waals surface area contributed by atoms with E-state index in [9.17, 15) is 9.36 Å². The summed E-state index contributed by atoms with van der Waals surface area (Å²) in [5.74, 6) is 0.327. The summed E-state index contributed by atoms with van der Waals surface area (Å²) in [4.78, 5) is 14.1. The van der Waals surface area contributed by atoms with Crippen molar-refractivity contribution in [3.63, 3.8) is 0 Å². The molecule has 4 heterocycles. The van der Waals surface area contributed by atoms with Gasteiger partial charge in [-0.15, -0.1) is 0 Å². The van der Waals surface area contributed by atoms with Gasteiger partial charge < -0.3 is 19.7 Å². The lowest BCUT2D eigenvalue weighted by Gasteiger charge is -2.34. The molecule has 5 rings (SSSR count). The summed E-state index contributed by atoms with van der Waals surface area (Å²) < 4.78 is 30.9. The number of phosphoric acid groups is 1. The highest BCUT2D eigenvalue weighted by Crippen LogP contribution is 2.63. The first-order valence-electron chi connectivity index (χ1n) is 8.43. The molecule has 1 fully saturated rings. The fraction of sp³-hybridized carbons (Fsp3) is 0.438. The van der Waals surface area contributed by atoms with Crippen LogP contribution in [0.5, 0.6) is 11.5 Å². The Morgan fingerprint density at radius 3 is 2.68 bits per heavy atom. The fourth-order valence-electron chi connectivity index (χ4n) is 4.03. The Hall–Kier alpha value is -2.18. The van der Waals surface area contributed by atoms with Gasteiger partial charge in [-0.1, -0.05) is 6.92 Å². The first-order chi connectivity index (χ1) is 12.0. The van der Waals surface area contributed by atoms with Gasteiger partial charge in [0.1, 0.15) is 5.69 Å². The van der Waals surface area contributed by atoms with Crippen LogP contribution in [0.3, 0.4) is 0 Å². The average molecular weight is 363 g/mol. The van der Waals surface area contributed by atoms with Crippen molar-refractivity contribution in [3.8, 4) is 11.5 Å². The van der Waals surface area contributed by atoms with Gasteiger partial charge in [0.2, 0.25) is 0 Å². The second-order valence-electron chi connectivity index (χ2n) is 6.63. The van der Waals surface area contributed by atoms with Crippen molar-refractivity contribution in [2.75, 3.05) is 19.6 Å². The van der Waals surface area contributed by atoms with Gasteiger partial charge in [-0.3, -0.25) is 9.42 Å². The van der Waals surface area contributed by atoms with E-state index in [0.717, 1.165) is 38.2 Å². The van der Waals surface area contributed by atoms with Gasteiger partial charge in [0.15, 0.2) is 11.5 Å². The number of nitrogens with zero attached hydrogens (tertiary/aromatic N) is 2. The molecular formula is C16H18N3O5P. The van der Waals surface area contributed by atoms with Gasteiger partial charge in [0.25, 0.3) is 5.91 Å². The van der Waals surface area contributed by atoms with Crippen molar-refractivity contribution in [1.82, 2.24) is 9.63 Å². The number of aromatic nitrogens is 1. The Bertz CT molecular complexity index is 961. The number of benzene rings is 1. The molecule has 0 radical (unpaired) electrons. The number of likely N-dealkylation sites (tertiary alicyclic amines) is 1. The van der Waals surface area contributed by atoms with Crippen LogP contribution in [0.15, 0.2) is 12.1 Å². The molecule has 2 aromatic rings. The Morgan fingerprint density at radius 2 is 2.00 bits per heavy atom. The molecule has 3 aliphatic heterocycles.